The Bertz CT molecular complexity index is 681. The highest BCUT2D eigenvalue weighted by Crippen LogP contribution is 2.28. The van der Waals surface area contributed by atoms with Crippen LogP contribution in [0.4, 0.5) is 0 Å². The smallest absolute Gasteiger partial charge is 0.339 e. The first kappa shape index (κ1) is 23.1. The minimum atomic E-state index is -0.676. The average Bonchev–Trinajstić information content (AvgIpc) is 2.48. The fourth-order valence-corrected chi connectivity index (χ4v) is 4.40. The van der Waals surface area contributed by atoms with E-state index in [1.54, 1.807) is 0 Å². The van der Waals surface area contributed by atoms with Crippen LogP contribution in [0.25, 0.3) is 0 Å². The quantitative estimate of drug-likeness (QED) is 0.160. The zero-order valence-electron chi connectivity index (χ0n) is 14.6. The Kier molecular flexibility index (Phi) is 8.64. The molecule has 0 aromatic heterocycles. The van der Waals surface area contributed by atoms with E-state index in [4.69, 9.17) is 9.47 Å². The lowest BCUT2D eigenvalue weighted by atomic mass is 9.93. The van der Waals surface area contributed by atoms with Crippen molar-refractivity contribution >= 4 is 79.7 Å². The van der Waals surface area contributed by atoms with E-state index in [0.717, 1.165) is 16.8 Å². The molecular weight excluding hydrogens is 661 g/mol. The lowest BCUT2D eigenvalue weighted by Gasteiger charge is -2.31. The van der Waals surface area contributed by atoms with Crippen molar-refractivity contribution in [2.45, 2.75) is 51.7 Å². The second-order valence-electron chi connectivity index (χ2n) is 6.78. The monoisotopic (exact) mass is 682 g/mol. The van der Waals surface area contributed by atoms with Crippen molar-refractivity contribution in [3.8, 4) is 0 Å². The van der Waals surface area contributed by atoms with E-state index in [2.05, 4.69) is 74.4 Å². The predicted octanol–water partition coefficient (Wildman–Crippen LogP) is 5.72. The molecule has 0 saturated carbocycles. The van der Waals surface area contributed by atoms with Crippen molar-refractivity contribution < 1.29 is 19.1 Å². The summed E-state index contributed by atoms with van der Waals surface area (Å²) in [6.45, 7) is 10.8. The Morgan fingerprint density at radius 2 is 1.56 bits per heavy atom. The van der Waals surface area contributed by atoms with Gasteiger partial charge in [-0.15, -0.1) is 0 Å². The van der Waals surface area contributed by atoms with Crippen LogP contribution >= 0.6 is 67.8 Å². The SMILES string of the molecule is C=CC(=O)OC(C)(C)CCC(C)(C)OC(=O)c1cc(I)cc(I)c1I. The van der Waals surface area contributed by atoms with Crippen LogP contribution in [-0.4, -0.2) is 23.1 Å². The molecule has 0 aliphatic heterocycles. The highest BCUT2D eigenvalue weighted by atomic mass is 127. The first-order chi connectivity index (χ1) is 11.4. The van der Waals surface area contributed by atoms with E-state index in [9.17, 15) is 9.59 Å². The maximum absolute atomic E-state index is 12.6. The number of benzene rings is 1. The average molecular weight is 682 g/mol. The minimum absolute atomic E-state index is 0.341. The van der Waals surface area contributed by atoms with Crippen LogP contribution in [0.5, 0.6) is 0 Å². The van der Waals surface area contributed by atoms with Gasteiger partial charge >= 0.3 is 11.9 Å². The molecule has 0 N–H and O–H groups in total. The van der Waals surface area contributed by atoms with E-state index >= 15 is 0 Å². The molecule has 0 aliphatic carbocycles. The molecule has 0 radical (unpaired) electrons. The third-order valence-electron chi connectivity index (χ3n) is 3.45. The Balaban J connectivity index is 2.79. The predicted molar refractivity (Wildman–Crippen MR) is 124 cm³/mol. The Morgan fingerprint density at radius 1 is 1.04 bits per heavy atom. The van der Waals surface area contributed by atoms with Gasteiger partial charge < -0.3 is 9.47 Å². The summed E-state index contributed by atoms with van der Waals surface area (Å²) < 4.78 is 14.0. The van der Waals surface area contributed by atoms with Crippen LogP contribution in [0.2, 0.25) is 0 Å². The highest BCUT2D eigenvalue weighted by molar-refractivity contribution is 14.1. The number of hydrogen-bond donors (Lipinski definition) is 0. The lowest BCUT2D eigenvalue weighted by Crippen LogP contribution is -2.34. The molecule has 0 spiro atoms. The van der Waals surface area contributed by atoms with Gasteiger partial charge in [-0.3, -0.25) is 0 Å². The van der Waals surface area contributed by atoms with Gasteiger partial charge in [-0.25, -0.2) is 9.59 Å². The van der Waals surface area contributed by atoms with Crippen LogP contribution in [0, 0.1) is 10.7 Å². The van der Waals surface area contributed by atoms with E-state index in [1.165, 1.54) is 0 Å². The normalized spacial score (nSPS) is 11.8. The van der Waals surface area contributed by atoms with Crippen molar-refractivity contribution in [3.63, 3.8) is 0 Å². The van der Waals surface area contributed by atoms with Gasteiger partial charge in [-0.2, -0.15) is 0 Å². The molecule has 0 aliphatic rings. The van der Waals surface area contributed by atoms with E-state index in [1.807, 2.05) is 39.8 Å². The molecule has 0 atom stereocenters. The summed E-state index contributed by atoms with van der Waals surface area (Å²) in [6, 6.07) is 3.85. The number of carbonyl (C=O) groups excluding carboxylic acids is 2. The topological polar surface area (TPSA) is 52.6 Å². The molecule has 0 amide bonds. The van der Waals surface area contributed by atoms with E-state index < -0.39 is 17.2 Å². The Labute approximate surface area is 189 Å². The molecule has 4 nitrogen and oxygen atoms in total. The van der Waals surface area contributed by atoms with Gasteiger partial charge in [0.1, 0.15) is 11.2 Å². The molecule has 138 valence electrons. The third-order valence-corrected chi connectivity index (χ3v) is 7.12. The number of carbonyl (C=O) groups is 2. The van der Waals surface area contributed by atoms with Crippen molar-refractivity contribution in [2.24, 2.45) is 0 Å². The number of ether oxygens (including phenoxy) is 2. The molecule has 7 heteroatoms. The summed E-state index contributed by atoms with van der Waals surface area (Å²) in [5.41, 5.74) is -0.756. The molecule has 0 bridgehead atoms. The summed E-state index contributed by atoms with van der Waals surface area (Å²) in [5.74, 6) is -0.797. The minimum Gasteiger partial charge on any atom is -0.457 e. The van der Waals surface area contributed by atoms with Crippen molar-refractivity contribution in [1.82, 2.24) is 0 Å². The molecule has 0 heterocycles. The van der Waals surface area contributed by atoms with Gasteiger partial charge in [0.15, 0.2) is 0 Å². The summed E-state index contributed by atoms with van der Waals surface area (Å²) in [7, 11) is 0. The van der Waals surface area contributed by atoms with Gasteiger partial charge in [0, 0.05) is 16.8 Å². The van der Waals surface area contributed by atoms with Crippen LogP contribution in [0.1, 0.15) is 50.9 Å². The van der Waals surface area contributed by atoms with Crippen LogP contribution in [-0.2, 0) is 14.3 Å². The number of esters is 2. The van der Waals surface area contributed by atoms with Crippen LogP contribution < -0.4 is 0 Å². The molecule has 0 saturated heterocycles. The zero-order valence-corrected chi connectivity index (χ0v) is 21.1. The molecule has 0 fully saturated rings. The lowest BCUT2D eigenvalue weighted by molar-refractivity contribution is -0.151. The maximum atomic E-state index is 12.6. The third kappa shape index (κ3) is 7.69. The molecular formula is C18H21I3O4. The summed E-state index contributed by atoms with van der Waals surface area (Å²) >= 11 is 6.56. The first-order valence-electron chi connectivity index (χ1n) is 7.60. The maximum Gasteiger partial charge on any atom is 0.339 e. The van der Waals surface area contributed by atoms with Gasteiger partial charge in [-0.05, 0) is 120 Å². The Morgan fingerprint density at radius 3 is 2.08 bits per heavy atom. The van der Waals surface area contributed by atoms with Crippen molar-refractivity contribution in [1.29, 1.82) is 0 Å². The Hall–Kier alpha value is 0.0900. The largest absolute Gasteiger partial charge is 0.457 e. The number of halogens is 3. The highest BCUT2D eigenvalue weighted by Gasteiger charge is 2.30. The number of hydrogen-bond acceptors (Lipinski definition) is 4. The summed E-state index contributed by atoms with van der Waals surface area (Å²) in [6.07, 6.45) is 2.27. The van der Waals surface area contributed by atoms with E-state index in [-0.39, 0.29) is 5.97 Å². The van der Waals surface area contributed by atoms with Crippen molar-refractivity contribution in [3.05, 3.63) is 41.1 Å². The van der Waals surface area contributed by atoms with Crippen LogP contribution in [0.15, 0.2) is 24.8 Å². The first-order valence-corrected chi connectivity index (χ1v) is 10.8. The second kappa shape index (κ2) is 9.34. The van der Waals surface area contributed by atoms with Crippen LogP contribution in [0.3, 0.4) is 0 Å². The molecule has 1 aromatic rings. The van der Waals surface area contributed by atoms with Gasteiger partial charge in [0.2, 0.25) is 0 Å². The standard InChI is InChI=1S/C18H21I3O4/c1-6-14(22)24-17(2,3)7-8-18(4,5)25-16(23)12-9-11(19)10-13(20)15(12)21/h6,9-10H,1,7-8H2,2-5H3. The molecule has 1 aromatic carbocycles. The summed E-state index contributed by atoms with van der Waals surface area (Å²) in [5, 5.41) is 0. The fraction of sp³-hybridized carbons (Fsp3) is 0.444. The molecule has 1 rings (SSSR count). The van der Waals surface area contributed by atoms with E-state index in [0.29, 0.717) is 18.4 Å². The number of rotatable bonds is 7. The zero-order chi connectivity index (χ0) is 19.4. The van der Waals surface area contributed by atoms with Gasteiger partial charge in [0.25, 0.3) is 0 Å². The molecule has 0 unspecified atom stereocenters. The van der Waals surface area contributed by atoms with Gasteiger partial charge in [-0.1, -0.05) is 6.58 Å². The van der Waals surface area contributed by atoms with Crippen molar-refractivity contribution in [2.75, 3.05) is 0 Å². The second-order valence-corrected chi connectivity index (χ2v) is 10.3. The molecule has 25 heavy (non-hydrogen) atoms. The van der Waals surface area contributed by atoms with Gasteiger partial charge in [0.05, 0.1) is 5.56 Å². The fourth-order valence-electron chi connectivity index (χ4n) is 2.03. The summed E-state index contributed by atoms with van der Waals surface area (Å²) in [4.78, 5) is 24.0.